The molecule has 2 aromatic rings. The number of nitrogens with one attached hydrogen (secondary N) is 1. The van der Waals surface area contributed by atoms with Crippen LogP contribution in [0, 0.1) is 16.0 Å². The van der Waals surface area contributed by atoms with Crippen LogP contribution in [0.25, 0.3) is 0 Å². The van der Waals surface area contributed by atoms with Crippen LogP contribution in [0.15, 0.2) is 40.9 Å². The van der Waals surface area contributed by atoms with E-state index in [0.29, 0.717) is 17.2 Å². The van der Waals surface area contributed by atoms with Crippen molar-refractivity contribution in [3.63, 3.8) is 0 Å². The number of non-ortho nitro benzene ring substituents is 1. The van der Waals surface area contributed by atoms with Crippen LogP contribution in [0.5, 0.6) is 0 Å². The molecule has 2 atom stereocenters. The van der Waals surface area contributed by atoms with Crippen LogP contribution in [0.1, 0.15) is 49.8 Å². The predicted octanol–water partition coefficient (Wildman–Crippen LogP) is 5.25. The Morgan fingerprint density at radius 1 is 1.43 bits per heavy atom. The van der Waals surface area contributed by atoms with E-state index in [1.165, 1.54) is 18.7 Å². The Balaban J connectivity index is 2.21. The summed E-state index contributed by atoms with van der Waals surface area (Å²) in [6.07, 6.45) is 1.95. The molecule has 0 saturated carbocycles. The maximum absolute atomic E-state index is 12.7. The number of benzene rings is 1. The lowest BCUT2D eigenvalue weighted by molar-refractivity contribution is -0.384. The lowest BCUT2D eigenvalue weighted by Crippen LogP contribution is -2.24. The SMILES string of the molecule is CCC(C)Cc1csc2c1C(c1cccc([N+](=O)[O-])c1)C(C(=O)OC)=C(C)N2. The zero-order valence-electron chi connectivity index (χ0n) is 16.4. The molecule has 2 heterocycles. The van der Waals surface area contributed by atoms with Gasteiger partial charge in [0, 0.05) is 29.3 Å². The zero-order valence-corrected chi connectivity index (χ0v) is 17.3. The van der Waals surface area contributed by atoms with Gasteiger partial charge in [-0.3, -0.25) is 10.1 Å². The molecule has 0 fully saturated rings. The second-order valence-corrected chi connectivity index (χ2v) is 8.04. The minimum Gasteiger partial charge on any atom is -0.466 e. The number of hydrogen-bond donors (Lipinski definition) is 1. The van der Waals surface area contributed by atoms with E-state index in [-0.39, 0.29) is 5.69 Å². The molecule has 1 aliphatic heterocycles. The first-order valence-electron chi connectivity index (χ1n) is 9.28. The first-order valence-corrected chi connectivity index (χ1v) is 10.2. The van der Waals surface area contributed by atoms with Crippen LogP contribution in [0.4, 0.5) is 10.7 Å². The van der Waals surface area contributed by atoms with Crippen LogP contribution in [-0.4, -0.2) is 18.0 Å². The van der Waals surface area contributed by atoms with Crippen molar-refractivity contribution in [1.82, 2.24) is 0 Å². The number of hydrogen-bond acceptors (Lipinski definition) is 6. The van der Waals surface area contributed by atoms with Crippen LogP contribution < -0.4 is 5.32 Å². The summed E-state index contributed by atoms with van der Waals surface area (Å²) in [6.45, 7) is 6.20. The fourth-order valence-electron chi connectivity index (χ4n) is 3.62. The van der Waals surface area contributed by atoms with Gasteiger partial charge in [0.25, 0.3) is 5.69 Å². The third-order valence-electron chi connectivity index (χ3n) is 5.28. The van der Waals surface area contributed by atoms with Crippen molar-refractivity contribution in [2.45, 2.75) is 39.5 Å². The molecular weight excluding hydrogens is 376 g/mol. The van der Waals surface area contributed by atoms with Gasteiger partial charge in [-0.2, -0.15) is 0 Å². The average Bonchev–Trinajstić information content (AvgIpc) is 3.08. The fourth-order valence-corrected chi connectivity index (χ4v) is 4.70. The van der Waals surface area contributed by atoms with E-state index in [9.17, 15) is 14.9 Å². The van der Waals surface area contributed by atoms with Crippen molar-refractivity contribution in [2.75, 3.05) is 12.4 Å². The number of allylic oxidation sites excluding steroid dienone is 1. The Kier molecular flexibility index (Phi) is 5.84. The number of nitro benzene ring substituents is 1. The highest BCUT2D eigenvalue weighted by Gasteiger charge is 2.36. The van der Waals surface area contributed by atoms with Crippen LogP contribution >= 0.6 is 11.3 Å². The minimum atomic E-state index is -0.423. The van der Waals surface area contributed by atoms with Crippen molar-refractivity contribution >= 4 is 28.0 Å². The number of carbonyl (C=O) groups is 1. The lowest BCUT2D eigenvalue weighted by Gasteiger charge is -2.29. The molecule has 6 nitrogen and oxygen atoms in total. The normalized spacial score (nSPS) is 16.9. The fraction of sp³-hybridized carbons (Fsp3) is 0.381. The van der Waals surface area contributed by atoms with E-state index in [2.05, 4.69) is 24.5 Å². The third kappa shape index (κ3) is 3.67. The summed E-state index contributed by atoms with van der Waals surface area (Å²) in [6, 6.07) is 6.53. The first-order chi connectivity index (χ1) is 13.4. The maximum Gasteiger partial charge on any atom is 0.336 e. The van der Waals surface area contributed by atoms with Gasteiger partial charge in [0.15, 0.2) is 0 Å². The molecule has 28 heavy (non-hydrogen) atoms. The largest absolute Gasteiger partial charge is 0.466 e. The molecule has 0 saturated heterocycles. The summed E-state index contributed by atoms with van der Waals surface area (Å²) < 4.78 is 5.06. The Morgan fingerprint density at radius 2 is 2.18 bits per heavy atom. The molecule has 0 radical (unpaired) electrons. The molecule has 7 heteroatoms. The summed E-state index contributed by atoms with van der Waals surface area (Å²) in [5.41, 5.74) is 4.15. The van der Waals surface area contributed by atoms with Crippen molar-refractivity contribution in [3.05, 3.63) is 67.7 Å². The van der Waals surface area contributed by atoms with Gasteiger partial charge in [0.1, 0.15) is 0 Å². The number of rotatable bonds is 6. The highest BCUT2D eigenvalue weighted by Crippen LogP contribution is 2.47. The number of ether oxygens (including phenoxy) is 1. The molecule has 1 aromatic carbocycles. The van der Waals surface area contributed by atoms with Crippen molar-refractivity contribution < 1.29 is 14.5 Å². The van der Waals surface area contributed by atoms with E-state index in [0.717, 1.165) is 29.0 Å². The molecule has 148 valence electrons. The molecule has 0 spiro atoms. The number of esters is 1. The number of thiophene rings is 1. The Bertz CT molecular complexity index is 948. The second-order valence-electron chi connectivity index (χ2n) is 7.16. The molecule has 1 aromatic heterocycles. The number of fused-ring (bicyclic) bond motifs is 1. The lowest BCUT2D eigenvalue weighted by atomic mass is 9.79. The van der Waals surface area contributed by atoms with Crippen molar-refractivity contribution in [1.29, 1.82) is 0 Å². The van der Waals surface area contributed by atoms with Gasteiger partial charge in [-0.25, -0.2) is 4.79 Å². The molecule has 1 N–H and O–H groups in total. The molecule has 0 bridgehead atoms. The number of carbonyl (C=O) groups excluding carboxylic acids is 1. The summed E-state index contributed by atoms with van der Waals surface area (Å²) >= 11 is 1.61. The monoisotopic (exact) mass is 400 g/mol. The van der Waals surface area contributed by atoms with Crippen LogP contribution in [0.2, 0.25) is 0 Å². The van der Waals surface area contributed by atoms with Crippen molar-refractivity contribution in [3.8, 4) is 0 Å². The van der Waals surface area contributed by atoms with Crippen LogP contribution in [-0.2, 0) is 16.0 Å². The molecule has 3 rings (SSSR count). The third-order valence-corrected chi connectivity index (χ3v) is 6.24. The van der Waals surface area contributed by atoms with Gasteiger partial charge in [-0.15, -0.1) is 11.3 Å². The van der Waals surface area contributed by atoms with E-state index >= 15 is 0 Å². The summed E-state index contributed by atoms with van der Waals surface area (Å²) in [5.74, 6) is -0.320. The van der Waals surface area contributed by atoms with Gasteiger partial charge in [0.05, 0.1) is 22.6 Å². The van der Waals surface area contributed by atoms with Crippen LogP contribution in [0.3, 0.4) is 0 Å². The molecule has 1 aliphatic rings. The molecule has 0 aliphatic carbocycles. The van der Waals surface area contributed by atoms with Gasteiger partial charge in [-0.05, 0) is 35.8 Å². The quantitative estimate of drug-likeness (QED) is 0.407. The van der Waals surface area contributed by atoms with E-state index < -0.39 is 16.8 Å². The Hall–Kier alpha value is -2.67. The smallest absolute Gasteiger partial charge is 0.336 e. The van der Waals surface area contributed by atoms with E-state index in [1.54, 1.807) is 23.5 Å². The highest BCUT2D eigenvalue weighted by molar-refractivity contribution is 7.14. The van der Waals surface area contributed by atoms with E-state index in [1.807, 2.05) is 13.0 Å². The predicted molar refractivity (Wildman–Crippen MR) is 111 cm³/mol. The van der Waals surface area contributed by atoms with Gasteiger partial charge in [-0.1, -0.05) is 32.4 Å². The molecular formula is C21H24N2O4S. The number of nitro groups is 1. The van der Waals surface area contributed by atoms with Gasteiger partial charge in [0.2, 0.25) is 0 Å². The first kappa shape index (κ1) is 20.1. The van der Waals surface area contributed by atoms with Gasteiger partial charge < -0.3 is 10.1 Å². The standard InChI is InChI=1S/C21H24N2O4S/c1-5-12(2)9-15-11-28-20-19(15)18(17(13(3)22-20)21(24)27-4)14-7-6-8-16(10-14)23(25)26/h6-8,10-12,18,22H,5,9H2,1-4H3. The Morgan fingerprint density at radius 3 is 2.82 bits per heavy atom. The maximum atomic E-state index is 12.7. The Labute approximate surface area is 168 Å². The zero-order chi connectivity index (χ0) is 20.4. The number of methoxy groups -OCH3 is 1. The van der Waals surface area contributed by atoms with E-state index in [4.69, 9.17) is 4.74 Å². The molecule has 2 unspecified atom stereocenters. The second kappa shape index (κ2) is 8.14. The van der Waals surface area contributed by atoms with Gasteiger partial charge >= 0.3 is 5.97 Å². The molecule has 0 amide bonds. The summed E-state index contributed by atoms with van der Waals surface area (Å²) in [5, 5.41) is 17.8. The number of nitrogens with zero attached hydrogens (tertiary/aromatic N) is 1. The van der Waals surface area contributed by atoms with Crippen molar-refractivity contribution in [2.24, 2.45) is 5.92 Å². The topological polar surface area (TPSA) is 81.5 Å². The average molecular weight is 401 g/mol. The minimum absolute atomic E-state index is 0.0122. The highest BCUT2D eigenvalue weighted by atomic mass is 32.1. The summed E-state index contributed by atoms with van der Waals surface area (Å²) in [4.78, 5) is 23.6. The summed E-state index contributed by atoms with van der Waals surface area (Å²) in [7, 11) is 1.36. The number of anilines is 1.